The molecule has 0 aliphatic heterocycles. The van der Waals surface area contributed by atoms with Crippen LogP contribution in [0, 0.1) is 5.92 Å². The van der Waals surface area contributed by atoms with E-state index in [1.54, 1.807) is 0 Å². The monoisotopic (exact) mass is 207 g/mol. The van der Waals surface area contributed by atoms with Crippen LogP contribution in [0.2, 0.25) is 0 Å². The smallest absolute Gasteiger partial charge is 0.320 e. The van der Waals surface area contributed by atoms with Crippen LogP contribution in [0.25, 0.3) is 0 Å². The Morgan fingerprint density at radius 1 is 1.29 bits per heavy atom. The number of aliphatic carboxylic acids is 2. The lowest BCUT2D eigenvalue weighted by atomic mass is 9.95. The molecule has 0 amide bonds. The molecule has 0 heterocycles. The highest BCUT2D eigenvalue weighted by Crippen LogP contribution is 2.15. The van der Waals surface area contributed by atoms with Gasteiger partial charge in [-0.1, -0.05) is 0 Å². The van der Waals surface area contributed by atoms with E-state index >= 15 is 0 Å². The molecule has 0 aliphatic carbocycles. The summed E-state index contributed by atoms with van der Waals surface area (Å²) >= 11 is 0. The zero-order chi connectivity index (χ0) is 11.3. The molecule has 0 rings (SSSR count). The number of alkyl halides is 1. The van der Waals surface area contributed by atoms with Gasteiger partial charge in [-0.25, -0.2) is 4.39 Å². The van der Waals surface area contributed by atoms with Crippen molar-refractivity contribution in [1.82, 2.24) is 0 Å². The lowest BCUT2D eigenvalue weighted by Gasteiger charge is -2.15. The van der Waals surface area contributed by atoms with Gasteiger partial charge < -0.3 is 15.9 Å². The molecule has 4 N–H and O–H groups in total. The number of hydrogen-bond donors (Lipinski definition) is 3. The van der Waals surface area contributed by atoms with Crippen LogP contribution < -0.4 is 5.73 Å². The molecular formula is C8H14FNO4. The van der Waals surface area contributed by atoms with E-state index in [-0.39, 0.29) is 12.8 Å². The van der Waals surface area contributed by atoms with Crippen molar-refractivity contribution in [2.45, 2.75) is 32.0 Å². The van der Waals surface area contributed by atoms with Gasteiger partial charge in [-0.15, -0.1) is 0 Å². The molecule has 3 unspecified atom stereocenters. The van der Waals surface area contributed by atoms with Gasteiger partial charge in [-0.3, -0.25) is 9.59 Å². The molecule has 0 saturated heterocycles. The van der Waals surface area contributed by atoms with Crippen LogP contribution in [0.1, 0.15) is 19.8 Å². The van der Waals surface area contributed by atoms with Gasteiger partial charge in [0, 0.05) is 0 Å². The van der Waals surface area contributed by atoms with Gasteiger partial charge in [0.25, 0.3) is 0 Å². The number of rotatable bonds is 6. The van der Waals surface area contributed by atoms with Crippen molar-refractivity contribution in [3.05, 3.63) is 0 Å². The summed E-state index contributed by atoms with van der Waals surface area (Å²) < 4.78 is 12.5. The standard InChI is InChI=1S/C8H14FNO4/c1-4(9)2-5(7(11)12)3-6(10)8(13)14/h4-6H,2-3,10H2,1H3,(H,11,12)(H,13,14). The van der Waals surface area contributed by atoms with Crippen LogP contribution in [0.15, 0.2) is 0 Å². The minimum atomic E-state index is -1.28. The van der Waals surface area contributed by atoms with E-state index in [1.807, 2.05) is 0 Å². The summed E-state index contributed by atoms with van der Waals surface area (Å²) in [5, 5.41) is 17.1. The molecule has 82 valence electrons. The van der Waals surface area contributed by atoms with E-state index < -0.39 is 30.1 Å². The second-order valence-electron chi connectivity index (χ2n) is 3.23. The Hall–Kier alpha value is -1.17. The predicted molar refractivity (Wildman–Crippen MR) is 46.5 cm³/mol. The molecule has 0 fully saturated rings. The van der Waals surface area contributed by atoms with Gasteiger partial charge in [0.15, 0.2) is 0 Å². The number of carbonyl (C=O) groups is 2. The molecule has 0 aromatic rings. The summed E-state index contributed by atoms with van der Waals surface area (Å²) in [6.45, 7) is 1.22. The third-order valence-corrected chi connectivity index (χ3v) is 1.81. The van der Waals surface area contributed by atoms with Gasteiger partial charge in [0.1, 0.15) is 6.04 Å². The molecule has 3 atom stereocenters. The molecule has 0 spiro atoms. The van der Waals surface area contributed by atoms with Gasteiger partial charge >= 0.3 is 11.9 Å². The van der Waals surface area contributed by atoms with Crippen molar-refractivity contribution in [3.8, 4) is 0 Å². The first-order chi connectivity index (χ1) is 6.34. The van der Waals surface area contributed by atoms with Gasteiger partial charge in [-0.2, -0.15) is 0 Å². The highest BCUT2D eigenvalue weighted by molar-refractivity contribution is 5.75. The van der Waals surface area contributed by atoms with Gasteiger partial charge in [0.05, 0.1) is 12.1 Å². The van der Waals surface area contributed by atoms with E-state index in [1.165, 1.54) is 6.92 Å². The Morgan fingerprint density at radius 3 is 2.07 bits per heavy atom. The van der Waals surface area contributed by atoms with Crippen molar-refractivity contribution < 1.29 is 24.2 Å². The Labute approximate surface area is 80.7 Å². The highest BCUT2D eigenvalue weighted by Gasteiger charge is 2.25. The van der Waals surface area contributed by atoms with E-state index in [4.69, 9.17) is 15.9 Å². The van der Waals surface area contributed by atoms with E-state index in [9.17, 15) is 14.0 Å². The SMILES string of the molecule is CC(F)CC(CC(N)C(=O)O)C(=O)O. The Morgan fingerprint density at radius 2 is 1.79 bits per heavy atom. The molecule has 0 radical (unpaired) electrons. The van der Waals surface area contributed by atoms with Crippen LogP contribution in [0.3, 0.4) is 0 Å². The van der Waals surface area contributed by atoms with Gasteiger partial charge in [0.2, 0.25) is 0 Å². The fourth-order valence-electron chi connectivity index (χ4n) is 1.10. The van der Waals surface area contributed by atoms with Gasteiger partial charge in [-0.05, 0) is 19.8 Å². The van der Waals surface area contributed by atoms with E-state index in [2.05, 4.69) is 0 Å². The summed E-state index contributed by atoms with van der Waals surface area (Å²) in [4.78, 5) is 20.9. The van der Waals surface area contributed by atoms with Crippen LogP contribution in [-0.2, 0) is 9.59 Å². The zero-order valence-corrected chi connectivity index (χ0v) is 7.81. The van der Waals surface area contributed by atoms with Crippen molar-refractivity contribution >= 4 is 11.9 Å². The quantitative estimate of drug-likeness (QED) is 0.579. The number of carboxylic acids is 2. The average Bonchev–Trinajstić information content (AvgIpc) is 2.01. The van der Waals surface area contributed by atoms with Crippen molar-refractivity contribution in [1.29, 1.82) is 0 Å². The first-order valence-electron chi connectivity index (χ1n) is 4.19. The fourth-order valence-corrected chi connectivity index (χ4v) is 1.10. The minimum Gasteiger partial charge on any atom is -0.481 e. The van der Waals surface area contributed by atoms with Crippen LogP contribution >= 0.6 is 0 Å². The second kappa shape index (κ2) is 5.54. The van der Waals surface area contributed by atoms with E-state index in [0.717, 1.165) is 0 Å². The Bertz CT molecular complexity index is 219. The van der Waals surface area contributed by atoms with Crippen LogP contribution in [0.4, 0.5) is 4.39 Å². The number of hydrogen-bond acceptors (Lipinski definition) is 3. The second-order valence-corrected chi connectivity index (χ2v) is 3.23. The molecule has 0 saturated carbocycles. The molecule has 14 heavy (non-hydrogen) atoms. The topological polar surface area (TPSA) is 101 Å². The maximum absolute atomic E-state index is 12.5. The summed E-state index contributed by atoms with van der Waals surface area (Å²) in [5.41, 5.74) is 5.15. The molecule has 5 nitrogen and oxygen atoms in total. The summed E-state index contributed by atoms with van der Waals surface area (Å²) in [5.74, 6) is -3.53. The van der Waals surface area contributed by atoms with E-state index in [0.29, 0.717) is 0 Å². The lowest BCUT2D eigenvalue weighted by Crippen LogP contribution is -2.35. The predicted octanol–water partition coefficient (Wildman–Crippen LogP) is 0.237. The maximum Gasteiger partial charge on any atom is 0.320 e. The Kier molecular flexibility index (Phi) is 5.07. The number of nitrogens with two attached hydrogens (primary N) is 1. The number of halogens is 1. The van der Waals surface area contributed by atoms with Crippen molar-refractivity contribution in [2.75, 3.05) is 0 Å². The average molecular weight is 207 g/mol. The maximum atomic E-state index is 12.5. The van der Waals surface area contributed by atoms with Crippen molar-refractivity contribution in [2.24, 2.45) is 11.7 Å². The summed E-state index contributed by atoms with van der Waals surface area (Å²) in [6.07, 6.45) is -1.74. The fraction of sp³-hybridized carbons (Fsp3) is 0.750. The third kappa shape index (κ3) is 4.76. The minimum absolute atomic E-state index is 0.212. The molecule has 0 bridgehead atoms. The summed E-state index contributed by atoms with van der Waals surface area (Å²) in [6, 6.07) is -1.25. The number of carboxylic acid groups (broad SMARTS) is 2. The summed E-state index contributed by atoms with van der Waals surface area (Å²) in [7, 11) is 0. The van der Waals surface area contributed by atoms with Crippen molar-refractivity contribution in [3.63, 3.8) is 0 Å². The molecule has 0 aliphatic rings. The normalized spacial score (nSPS) is 17.1. The third-order valence-electron chi connectivity index (χ3n) is 1.81. The molecular weight excluding hydrogens is 193 g/mol. The highest BCUT2D eigenvalue weighted by atomic mass is 19.1. The zero-order valence-electron chi connectivity index (χ0n) is 7.81. The Balaban J connectivity index is 4.23. The first kappa shape index (κ1) is 12.8. The largest absolute Gasteiger partial charge is 0.481 e. The lowest BCUT2D eigenvalue weighted by molar-refractivity contribution is -0.144. The first-order valence-corrected chi connectivity index (χ1v) is 4.19. The molecule has 0 aromatic carbocycles. The van der Waals surface area contributed by atoms with Crippen LogP contribution in [0.5, 0.6) is 0 Å². The molecule has 6 heteroatoms. The van der Waals surface area contributed by atoms with Crippen LogP contribution in [-0.4, -0.2) is 34.4 Å². The molecule has 0 aromatic heterocycles.